The molecule has 0 aliphatic carbocycles. The number of hydrogen-bond donors (Lipinski definition) is 1. The average Bonchev–Trinajstić information content (AvgIpc) is 3.36. The summed E-state index contributed by atoms with van der Waals surface area (Å²) in [6.45, 7) is 3.73. The molecule has 11 heteroatoms. The Hall–Kier alpha value is -3.89. The van der Waals surface area contributed by atoms with E-state index in [1.54, 1.807) is 19.2 Å². The molecule has 2 N–H and O–H groups in total. The van der Waals surface area contributed by atoms with Gasteiger partial charge in [0.2, 0.25) is 6.43 Å². The van der Waals surface area contributed by atoms with E-state index in [2.05, 4.69) is 15.2 Å². The lowest BCUT2D eigenvalue weighted by molar-refractivity contribution is 0.145. The normalized spacial score (nSPS) is 15.1. The van der Waals surface area contributed by atoms with Crippen molar-refractivity contribution in [1.82, 2.24) is 24.5 Å². The summed E-state index contributed by atoms with van der Waals surface area (Å²) < 4.78 is 63.6. The molecule has 0 spiro atoms. The summed E-state index contributed by atoms with van der Waals surface area (Å²) >= 11 is 0. The van der Waals surface area contributed by atoms with E-state index < -0.39 is 25.4 Å². The fourth-order valence-corrected chi connectivity index (χ4v) is 4.63. The first-order valence-corrected chi connectivity index (χ1v) is 11.4. The van der Waals surface area contributed by atoms with Crippen LogP contribution in [0.15, 0.2) is 36.5 Å². The van der Waals surface area contributed by atoms with Crippen LogP contribution < -0.4 is 10.5 Å². The van der Waals surface area contributed by atoms with E-state index in [1.165, 1.54) is 21.6 Å². The highest BCUT2D eigenvalue weighted by molar-refractivity contribution is 5.72. The predicted octanol–water partition coefficient (Wildman–Crippen LogP) is 5.35. The van der Waals surface area contributed by atoms with Crippen molar-refractivity contribution >= 4 is 5.82 Å². The third kappa shape index (κ3) is 4.18. The Morgan fingerprint density at radius 1 is 1.14 bits per heavy atom. The Labute approximate surface area is 204 Å². The largest absolute Gasteiger partial charge is 0.482 e. The minimum atomic E-state index is -2.79. The molecule has 0 radical (unpaired) electrons. The Morgan fingerprint density at radius 2 is 1.92 bits per heavy atom. The number of fused-ring (bicyclic) bond motifs is 7. The van der Waals surface area contributed by atoms with Crippen molar-refractivity contribution in [1.29, 1.82) is 0 Å². The van der Waals surface area contributed by atoms with Crippen molar-refractivity contribution < 1.29 is 22.3 Å². The number of aromatic nitrogens is 5. The van der Waals surface area contributed by atoms with Crippen LogP contribution in [0.2, 0.25) is 0 Å². The van der Waals surface area contributed by atoms with E-state index >= 15 is 0 Å². The molecule has 7 nitrogen and oxygen atoms in total. The number of rotatable bonds is 3. The van der Waals surface area contributed by atoms with Gasteiger partial charge in [-0.1, -0.05) is 17.7 Å². The van der Waals surface area contributed by atoms with Gasteiger partial charge in [-0.25, -0.2) is 27.2 Å². The maximum Gasteiger partial charge on any atom is 0.282 e. The van der Waals surface area contributed by atoms with Gasteiger partial charge in [0.15, 0.2) is 11.6 Å². The SMILES string of the molecule is Cc1ccc2c(c1)C(C)Oc1cc(cnc1N)-c1c(CC(F)F)nn(C)c1Cc1cc(C(F)F)nn1-2. The Kier molecular flexibility index (Phi) is 5.93. The van der Waals surface area contributed by atoms with Crippen molar-refractivity contribution in [3.05, 3.63) is 70.4 Å². The van der Waals surface area contributed by atoms with E-state index in [4.69, 9.17) is 10.5 Å². The van der Waals surface area contributed by atoms with Gasteiger partial charge in [-0.2, -0.15) is 10.2 Å². The Balaban J connectivity index is 1.82. The maximum absolute atomic E-state index is 13.8. The van der Waals surface area contributed by atoms with Gasteiger partial charge in [0.05, 0.1) is 29.2 Å². The number of nitrogens with two attached hydrogens (primary N) is 1. The van der Waals surface area contributed by atoms with E-state index in [9.17, 15) is 17.6 Å². The molecular weight excluding hydrogens is 476 g/mol. The number of aryl methyl sites for hydroxylation is 2. The van der Waals surface area contributed by atoms with Crippen molar-refractivity contribution in [3.8, 4) is 22.6 Å². The van der Waals surface area contributed by atoms with Gasteiger partial charge in [0.1, 0.15) is 11.8 Å². The quantitative estimate of drug-likeness (QED) is 0.384. The van der Waals surface area contributed by atoms with Crippen LogP contribution >= 0.6 is 0 Å². The van der Waals surface area contributed by atoms with Crippen molar-refractivity contribution in [2.75, 3.05) is 5.73 Å². The molecule has 4 aromatic rings. The van der Waals surface area contributed by atoms with E-state index in [0.29, 0.717) is 33.8 Å². The topological polar surface area (TPSA) is 83.8 Å². The first-order chi connectivity index (χ1) is 17.1. The van der Waals surface area contributed by atoms with Crippen LogP contribution in [0.25, 0.3) is 16.8 Å². The van der Waals surface area contributed by atoms with Crippen molar-refractivity contribution in [3.63, 3.8) is 0 Å². The number of nitrogens with zero attached hydrogens (tertiary/aromatic N) is 5. The molecule has 5 rings (SSSR count). The molecule has 0 fully saturated rings. The second kappa shape index (κ2) is 8.96. The van der Waals surface area contributed by atoms with Crippen LogP contribution in [0.5, 0.6) is 5.75 Å². The summed E-state index contributed by atoms with van der Waals surface area (Å²) in [5, 5.41) is 8.56. The van der Waals surface area contributed by atoms with Gasteiger partial charge in [0.25, 0.3) is 6.43 Å². The lowest BCUT2D eigenvalue weighted by Gasteiger charge is -2.22. The molecule has 3 aromatic heterocycles. The summed E-state index contributed by atoms with van der Waals surface area (Å²) in [6.07, 6.45) is -4.96. The highest BCUT2D eigenvalue weighted by Crippen LogP contribution is 2.38. The molecule has 188 valence electrons. The highest BCUT2D eigenvalue weighted by atomic mass is 19.3. The Bertz CT molecular complexity index is 1440. The lowest BCUT2D eigenvalue weighted by Crippen LogP contribution is -2.14. The number of ether oxygens (including phenoxy) is 1. The third-order valence-electron chi connectivity index (χ3n) is 6.28. The second-order valence-electron chi connectivity index (χ2n) is 8.87. The summed E-state index contributed by atoms with van der Waals surface area (Å²) in [6, 6.07) is 8.56. The van der Waals surface area contributed by atoms with Crippen LogP contribution in [0, 0.1) is 6.92 Å². The predicted molar refractivity (Wildman–Crippen MR) is 126 cm³/mol. The molecule has 4 heterocycles. The first kappa shape index (κ1) is 23.8. The number of benzene rings is 1. The number of halogens is 4. The zero-order valence-electron chi connectivity index (χ0n) is 19.8. The number of anilines is 1. The van der Waals surface area contributed by atoms with Gasteiger partial charge < -0.3 is 10.5 Å². The molecule has 1 aliphatic heterocycles. The van der Waals surface area contributed by atoms with Gasteiger partial charge in [-0.3, -0.25) is 4.68 Å². The summed E-state index contributed by atoms with van der Waals surface area (Å²) in [5.41, 5.74) is 10.1. The fraction of sp³-hybridized carbons (Fsp3) is 0.320. The van der Waals surface area contributed by atoms with Crippen LogP contribution in [-0.4, -0.2) is 31.0 Å². The average molecular weight is 501 g/mol. The smallest absolute Gasteiger partial charge is 0.282 e. The zero-order valence-corrected chi connectivity index (χ0v) is 19.8. The second-order valence-corrected chi connectivity index (χ2v) is 8.87. The molecule has 36 heavy (non-hydrogen) atoms. The molecule has 0 saturated carbocycles. The van der Waals surface area contributed by atoms with Gasteiger partial charge in [0, 0.05) is 36.4 Å². The van der Waals surface area contributed by atoms with Gasteiger partial charge in [-0.05, 0) is 32.0 Å². The maximum atomic E-state index is 13.8. The molecule has 1 atom stereocenters. The molecule has 1 aliphatic rings. The third-order valence-corrected chi connectivity index (χ3v) is 6.28. The monoisotopic (exact) mass is 500 g/mol. The Morgan fingerprint density at radius 3 is 2.64 bits per heavy atom. The van der Waals surface area contributed by atoms with E-state index in [1.807, 2.05) is 26.0 Å². The van der Waals surface area contributed by atoms with Crippen LogP contribution in [-0.2, 0) is 19.9 Å². The number of pyridine rings is 1. The number of nitrogen functional groups attached to an aromatic ring is 1. The van der Waals surface area contributed by atoms with E-state index in [-0.39, 0.29) is 29.4 Å². The molecular formula is C25H24F4N6O. The number of hydrogen-bond acceptors (Lipinski definition) is 5. The van der Waals surface area contributed by atoms with Gasteiger partial charge in [-0.15, -0.1) is 0 Å². The van der Waals surface area contributed by atoms with Crippen molar-refractivity contribution in [2.45, 2.75) is 45.6 Å². The minimum absolute atomic E-state index is 0.115. The van der Waals surface area contributed by atoms with Gasteiger partial charge >= 0.3 is 0 Å². The standard InChI is InChI=1S/C25H24F4N6O/c1-12-4-5-19-16(6-12)13(2)36-21-7-14(11-31-25(21)30)23-17(10-22(26)27)32-34(3)20(23)9-15-8-18(24(28)29)33-35(15)19/h4-8,11,13,22,24H,9-10H2,1-3H3,(H2,30,31). The van der Waals surface area contributed by atoms with Crippen LogP contribution in [0.1, 0.15) is 53.4 Å². The molecule has 1 aromatic carbocycles. The number of alkyl halides is 4. The van der Waals surface area contributed by atoms with Crippen molar-refractivity contribution in [2.24, 2.45) is 7.05 Å². The molecule has 0 amide bonds. The summed E-state index contributed by atoms with van der Waals surface area (Å²) in [5.74, 6) is 0.414. The van der Waals surface area contributed by atoms with Crippen LogP contribution in [0.3, 0.4) is 0 Å². The zero-order chi connectivity index (χ0) is 25.7. The van der Waals surface area contributed by atoms with Crippen LogP contribution in [0.4, 0.5) is 23.4 Å². The molecule has 0 saturated heterocycles. The molecule has 1 unspecified atom stereocenters. The van der Waals surface area contributed by atoms with E-state index in [0.717, 1.165) is 5.56 Å². The summed E-state index contributed by atoms with van der Waals surface area (Å²) in [7, 11) is 1.63. The minimum Gasteiger partial charge on any atom is -0.482 e. The highest BCUT2D eigenvalue weighted by Gasteiger charge is 2.27. The first-order valence-electron chi connectivity index (χ1n) is 11.4. The fourth-order valence-electron chi connectivity index (χ4n) is 4.63. The summed E-state index contributed by atoms with van der Waals surface area (Å²) in [4.78, 5) is 4.25. The molecule has 2 bridgehead atoms. The lowest BCUT2D eigenvalue weighted by atomic mass is 9.99.